The van der Waals surface area contributed by atoms with Crippen LogP contribution in [0.25, 0.3) is 0 Å². The summed E-state index contributed by atoms with van der Waals surface area (Å²) in [4.78, 5) is 3.91. The van der Waals surface area contributed by atoms with E-state index in [2.05, 4.69) is 4.98 Å². The highest BCUT2D eigenvalue weighted by Gasteiger charge is 2.08. The molecule has 0 aliphatic carbocycles. The average molecular weight is 186 g/mol. The molecule has 0 spiro atoms. The van der Waals surface area contributed by atoms with Gasteiger partial charge in [-0.3, -0.25) is 0 Å². The number of halogens is 1. The van der Waals surface area contributed by atoms with Crippen molar-refractivity contribution in [1.82, 2.24) is 4.98 Å². The molecule has 0 aliphatic rings. The maximum Gasteiger partial charge on any atom is 0.128 e. The topological polar surface area (TPSA) is 64.9 Å². The van der Waals surface area contributed by atoms with Crippen LogP contribution in [-0.2, 0) is 0 Å². The Hall–Kier alpha value is -0.800. The van der Waals surface area contributed by atoms with Crippen LogP contribution >= 0.6 is 11.6 Å². The Balaban J connectivity index is 3.04. The van der Waals surface area contributed by atoms with E-state index < -0.39 is 0 Å². The van der Waals surface area contributed by atoms with Crippen LogP contribution in [0.1, 0.15) is 24.9 Å². The predicted octanol–water partition coefficient (Wildman–Crippen LogP) is 1.73. The molecule has 1 rings (SSSR count). The van der Waals surface area contributed by atoms with Gasteiger partial charge in [0.1, 0.15) is 5.82 Å². The van der Waals surface area contributed by atoms with E-state index in [1.807, 2.05) is 6.92 Å². The summed E-state index contributed by atoms with van der Waals surface area (Å²) in [5, 5.41) is 0.572. The van der Waals surface area contributed by atoms with E-state index in [1.54, 1.807) is 6.07 Å². The summed E-state index contributed by atoms with van der Waals surface area (Å²) in [5.41, 5.74) is 12.2. The summed E-state index contributed by atoms with van der Waals surface area (Å²) in [6.45, 7) is 1.99. The molecule has 1 atom stereocenters. The van der Waals surface area contributed by atoms with Gasteiger partial charge in [0.2, 0.25) is 0 Å². The van der Waals surface area contributed by atoms with Crippen LogP contribution in [0.3, 0.4) is 0 Å². The lowest BCUT2D eigenvalue weighted by Crippen LogP contribution is -2.12. The maximum atomic E-state index is 5.79. The molecule has 1 unspecified atom stereocenters. The van der Waals surface area contributed by atoms with Crippen LogP contribution in [0.5, 0.6) is 0 Å². The molecule has 0 fully saturated rings. The van der Waals surface area contributed by atoms with Crippen molar-refractivity contribution < 1.29 is 0 Å². The Bertz CT molecular complexity index is 275. The quantitative estimate of drug-likeness (QED) is 0.738. The van der Waals surface area contributed by atoms with Gasteiger partial charge in [-0.05, 0) is 12.5 Å². The van der Waals surface area contributed by atoms with Gasteiger partial charge in [-0.15, -0.1) is 0 Å². The largest absolute Gasteiger partial charge is 0.383 e. The Morgan fingerprint density at radius 3 is 2.92 bits per heavy atom. The lowest BCUT2D eigenvalue weighted by Gasteiger charge is -2.10. The third-order valence-corrected chi connectivity index (χ3v) is 1.96. The first-order chi connectivity index (χ1) is 5.65. The molecule has 66 valence electrons. The molecule has 0 aromatic carbocycles. The normalized spacial score (nSPS) is 12.9. The summed E-state index contributed by atoms with van der Waals surface area (Å²) < 4.78 is 0. The Kier molecular flexibility index (Phi) is 2.89. The van der Waals surface area contributed by atoms with Gasteiger partial charge < -0.3 is 11.5 Å². The van der Waals surface area contributed by atoms with Crippen molar-refractivity contribution in [2.45, 2.75) is 19.4 Å². The van der Waals surface area contributed by atoms with Gasteiger partial charge in [-0.2, -0.15) is 0 Å². The van der Waals surface area contributed by atoms with Crippen molar-refractivity contribution in [3.8, 4) is 0 Å². The van der Waals surface area contributed by atoms with Crippen LogP contribution in [0.4, 0.5) is 5.82 Å². The number of hydrogen-bond acceptors (Lipinski definition) is 3. The number of nitrogens with two attached hydrogens (primary N) is 2. The van der Waals surface area contributed by atoms with E-state index in [0.717, 1.165) is 12.0 Å². The molecule has 12 heavy (non-hydrogen) atoms. The van der Waals surface area contributed by atoms with E-state index in [9.17, 15) is 0 Å². The first kappa shape index (κ1) is 9.29. The Morgan fingerprint density at radius 1 is 1.67 bits per heavy atom. The summed E-state index contributed by atoms with van der Waals surface area (Å²) >= 11 is 5.74. The van der Waals surface area contributed by atoms with Crippen molar-refractivity contribution in [3.63, 3.8) is 0 Å². The number of nitrogens with zero attached hydrogens (tertiary/aromatic N) is 1. The molecule has 1 aromatic heterocycles. The van der Waals surface area contributed by atoms with Crippen LogP contribution in [0.15, 0.2) is 12.3 Å². The summed E-state index contributed by atoms with van der Waals surface area (Å²) in [7, 11) is 0. The van der Waals surface area contributed by atoms with Crippen molar-refractivity contribution in [3.05, 3.63) is 22.8 Å². The summed E-state index contributed by atoms with van der Waals surface area (Å²) in [5.74, 6) is 0.466. The first-order valence-electron chi connectivity index (χ1n) is 3.81. The third-order valence-electron chi connectivity index (χ3n) is 1.76. The summed E-state index contributed by atoms with van der Waals surface area (Å²) in [6, 6.07) is 1.69. The Morgan fingerprint density at radius 2 is 2.33 bits per heavy atom. The zero-order chi connectivity index (χ0) is 9.14. The molecule has 0 saturated heterocycles. The molecule has 0 saturated carbocycles. The van der Waals surface area contributed by atoms with Crippen LogP contribution < -0.4 is 11.5 Å². The molecular weight excluding hydrogens is 174 g/mol. The van der Waals surface area contributed by atoms with Crippen molar-refractivity contribution in [2.24, 2.45) is 5.73 Å². The van der Waals surface area contributed by atoms with Gasteiger partial charge in [0.25, 0.3) is 0 Å². The van der Waals surface area contributed by atoms with Crippen molar-refractivity contribution in [1.29, 1.82) is 0 Å². The van der Waals surface area contributed by atoms with Crippen LogP contribution in [0, 0.1) is 0 Å². The fourth-order valence-corrected chi connectivity index (χ4v) is 1.15. The predicted molar refractivity (Wildman–Crippen MR) is 50.9 cm³/mol. The molecule has 0 bridgehead atoms. The minimum absolute atomic E-state index is 0.0730. The second kappa shape index (κ2) is 3.74. The number of nitrogen functional groups attached to an aromatic ring is 1. The third kappa shape index (κ3) is 1.87. The van der Waals surface area contributed by atoms with Gasteiger partial charge in [0.05, 0.1) is 5.02 Å². The van der Waals surface area contributed by atoms with E-state index >= 15 is 0 Å². The molecule has 1 heterocycles. The number of hydrogen-bond donors (Lipinski definition) is 2. The molecule has 1 aromatic rings. The highest BCUT2D eigenvalue weighted by molar-refractivity contribution is 6.30. The number of anilines is 1. The van der Waals surface area contributed by atoms with Crippen LogP contribution in [0.2, 0.25) is 5.02 Å². The highest BCUT2D eigenvalue weighted by atomic mass is 35.5. The minimum Gasteiger partial charge on any atom is -0.383 e. The molecule has 0 aliphatic heterocycles. The number of rotatable bonds is 2. The summed E-state index contributed by atoms with van der Waals surface area (Å²) in [6.07, 6.45) is 2.34. The second-order valence-corrected chi connectivity index (χ2v) is 3.08. The maximum absolute atomic E-state index is 5.79. The fraction of sp³-hybridized carbons (Fsp3) is 0.375. The van der Waals surface area contributed by atoms with Gasteiger partial charge in [0, 0.05) is 17.8 Å². The second-order valence-electron chi connectivity index (χ2n) is 2.64. The monoisotopic (exact) mass is 185 g/mol. The highest BCUT2D eigenvalue weighted by Crippen LogP contribution is 2.21. The van der Waals surface area contributed by atoms with Gasteiger partial charge in [0.15, 0.2) is 0 Å². The van der Waals surface area contributed by atoms with E-state index in [0.29, 0.717) is 10.8 Å². The zero-order valence-corrected chi connectivity index (χ0v) is 7.67. The smallest absolute Gasteiger partial charge is 0.128 e. The molecule has 3 nitrogen and oxygen atoms in total. The van der Waals surface area contributed by atoms with E-state index in [4.69, 9.17) is 23.1 Å². The average Bonchev–Trinajstić information content (AvgIpc) is 2.08. The number of aromatic nitrogens is 1. The molecular formula is C8H12ClN3. The van der Waals surface area contributed by atoms with Crippen molar-refractivity contribution in [2.75, 3.05) is 5.73 Å². The molecule has 0 amide bonds. The zero-order valence-electron chi connectivity index (χ0n) is 6.92. The first-order valence-corrected chi connectivity index (χ1v) is 4.19. The molecule has 4 heteroatoms. The molecule has 0 radical (unpaired) electrons. The minimum atomic E-state index is -0.0730. The Labute approximate surface area is 76.7 Å². The van der Waals surface area contributed by atoms with Gasteiger partial charge in [-0.1, -0.05) is 18.5 Å². The van der Waals surface area contributed by atoms with Crippen molar-refractivity contribution >= 4 is 17.4 Å². The SMILES string of the molecule is CCC(N)c1cc(Cl)cnc1N. The van der Waals surface area contributed by atoms with Crippen LogP contribution in [-0.4, -0.2) is 4.98 Å². The lowest BCUT2D eigenvalue weighted by atomic mass is 10.1. The molecule has 4 N–H and O–H groups in total. The number of pyridine rings is 1. The van der Waals surface area contributed by atoms with Gasteiger partial charge in [-0.25, -0.2) is 4.98 Å². The standard InChI is InChI=1S/C8H12ClN3/c1-2-7(10)6-3-5(9)4-12-8(6)11/h3-4,7H,2,10H2,1H3,(H2,11,12). The lowest BCUT2D eigenvalue weighted by molar-refractivity contribution is 0.698. The van der Waals surface area contributed by atoms with E-state index in [-0.39, 0.29) is 6.04 Å². The van der Waals surface area contributed by atoms with Gasteiger partial charge >= 0.3 is 0 Å². The fourth-order valence-electron chi connectivity index (χ4n) is 0.982. The van der Waals surface area contributed by atoms with E-state index in [1.165, 1.54) is 6.20 Å².